The van der Waals surface area contributed by atoms with Crippen molar-refractivity contribution < 1.29 is 0 Å². The zero-order valence-electron chi connectivity index (χ0n) is 8.63. The zero-order valence-corrected chi connectivity index (χ0v) is 11.8. The molecule has 15 heavy (non-hydrogen) atoms. The lowest BCUT2D eigenvalue weighted by Gasteiger charge is -2.10. The highest BCUT2D eigenvalue weighted by atomic mass is 79.9. The summed E-state index contributed by atoms with van der Waals surface area (Å²) in [5, 5.41) is 4.31. The molecule has 0 aromatic carbocycles. The minimum absolute atomic E-state index is 0.436. The number of rotatable bonds is 5. The molecule has 6 heteroatoms. The second kappa shape index (κ2) is 6.55. The van der Waals surface area contributed by atoms with E-state index in [0.29, 0.717) is 10.4 Å². The Hall–Kier alpha value is -0.0000000000000000555. The minimum atomic E-state index is 0.436. The number of hydrogen-bond acceptors (Lipinski definition) is 4. The number of thioether (sulfide) groups is 1. The fraction of sp³-hybridized carbons (Fsp3) is 0.556. The molecule has 0 aliphatic rings. The highest BCUT2D eigenvalue weighted by molar-refractivity contribution is 9.10. The summed E-state index contributed by atoms with van der Waals surface area (Å²) in [7, 11) is 0. The first-order valence-corrected chi connectivity index (χ1v) is 7.03. The first-order valence-electron chi connectivity index (χ1n) is 4.57. The molecular formula is C9H13BrClN3S. The first-order chi connectivity index (χ1) is 7.15. The molecule has 0 radical (unpaired) electrons. The van der Waals surface area contributed by atoms with Gasteiger partial charge in [-0.05, 0) is 28.6 Å². The molecule has 84 valence electrons. The summed E-state index contributed by atoms with van der Waals surface area (Å²) in [6, 6.07) is 0. The average Bonchev–Trinajstić information content (AvgIpc) is 2.24. The smallest absolute Gasteiger partial charge is 0.148 e. The van der Waals surface area contributed by atoms with Crippen LogP contribution in [0.2, 0.25) is 5.15 Å². The van der Waals surface area contributed by atoms with Crippen LogP contribution in [-0.2, 0) is 0 Å². The molecule has 1 atom stereocenters. The normalized spacial score (nSPS) is 12.5. The van der Waals surface area contributed by atoms with E-state index in [1.54, 1.807) is 0 Å². The van der Waals surface area contributed by atoms with Crippen LogP contribution < -0.4 is 5.32 Å². The van der Waals surface area contributed by atoms with Crippen LogP contribution in [-0.4, -0.2) is 28.0 Å². The van der Waals surface area contributed by atoms with Crippen LogP contribution in [0, 0.1) is 0 Å². The van der Waals surface area contributed by atoms with Crippen LogP contribution in [0.3, 0.4) is 0 Å². The third-order valence-corrected chi connectivity index (χ3v) is 4.30. The Kier molecular flexibility index (Phi) is 5.71. The van der Waals surface area contributed by atoms with Gasteiger partial charge in [-0.15, -0.1) is 0 Å². The number of nitrogens with one attached hydrogen (secondary N) is 1. The van der Waals surface area contributed by atoms with Gasteiger partial charge in [-0.1, -0.05) is 18.5 Å². The van der Waals surface area contributed by atoms with Crippen molar-refractivity contribution in [3.8, 4) is 0 Å². The summed E-state index contributed by atoms with van der Waals surface area (Å²) in [6.45, 7) is 3.09. The largest absolute Gasteiger partial charge is 0.369 e. The maximum atomic E-state index is 5.84. The van der Waals surface area contributed by atoms with Crippen molar-refractivity contribution in [2.45, 2.75) is 18.6 Å². The van der Waals surface area contributed by atoms with Gasteiger partial charge in [0.25, 0.3) is 0 Å². The van der Waals surface area contributed by atoms with Crippen LogP contribution in [0.15, 0.2) is 10.8 Å². The van der Waals surface area contributed by atoms with E-state index < -0.39 is 0 Å². The van der Waals surface area contributed by atoms with Crippen molar-refractivity contribution in [3.05, 3.63) is 16.0 Å². The molecule has 0 aliphatic carbocycles. The van der Waals surface area contributed by atoms with E-state index in [0.717, 1.165) is 23.3 Å². The fourth-order valence-electron chi connectivity index (χ4n) is 0.983. The van der Waals surface area contributed by atoms with Gasteiger partial charge in [-0.3, -0.25) is 0 Å². The molecule has 0 bridgehead atoms. The summed E-state index contributed by atoms with van der Waals surface area (Å²) in [5.41, 5.74) is 0. The molecule has 0 saturated heterocycles. The maximum Gasteiger partial charge on any atom is 0.148 e. The molecule has 0 spiro atoms. The lowest BCUT2D eigenvalue weighted by molar-refractivity contribution is 0.848. The van der Waals surface area contributed by atoms with Crippen LogP contribution in [0.4, 0.5) is 5.82 Å². The molecule has 3 nitrogen and oxygen atoms in total. The molecule has 0 aliphatic heterocycles. The number of aromatic nitrogens is 2. The lowest BCUT2D eigenvalue weighted by Crippen LogP contribution is -2.09. The van der Waals surface area contributed by atoms with Gasteiger partial charge in [0.05, 0.1) is 4.47 Å². The monoisotopic (exact) mass is 309 g/mol. The number of halogens is 2. The summed E-state index contributed by atoms with van der Waals surface area (Å²) < 4.78 is 0.725. The molecular weight excluding hydrogens is 298 g/mol. The van der Waals surface area contributed by atoms with Gasteiger partial charge in [-0.25, -0.2) is 9.97 Å². The zero-order chi connectivity index (χ0) is 11.3. The second-order valence-electron chi connectivity index (χ2n) is 3.09. The van der Waals surface area contributed by atoms with E-state index in [-0.39, 0.29) is 0 Å². The summed E-state index contributed by atoms with van der Waals surface area (Å²) >= 11 is 11.0. The van der Waals surface area contributed by atoms with Crippen molar-refractivity contribution in [3.63, 3.8) is 0 Å². The van der Waals surface area contributed by atoms with Crippen LogP contribution in [0.1, 0.15) is 13.3 Å². The van der Waals surface area contributed by atoms with Crippen molar-refractivity contribution in [1.29, 1.82) is 0 Å². The van der Waals surface area contributed by atoms with Crippen LogP contribution in [0.25, 0.3) is 0 Å². The summed E-state index contributed by atoms with van der Waals surface area (Å²) in [6.07, 6.45) is 4.66. The third-order valence-electron chi connectivity index (χ3n) is 1.99. The quantitative estimate of drug-likeness (QED) is 0.845. The lowest BCUT2D eigenvalue weighted by atomic mass is 10.3. The number of anilines is 1. The van der Waals surface area contributed by atoms with E-state index in [1.807, 2.05) is 11.8 Å². The Morgan fingerprint density at radius 1 is 1.60 bits per heavy atom. The molecule has 1 heterocycles. The Balaban J connectivity index is 2.47. The maximum absolute atomic E-state index is 5.84. The second-order valence-corrected chi connectivity index (χ2v) is 5.52. The van der Waals surface area contributed by atoms with Crippen molar-refractivity contribution in [2.75, 3.05) is 18.1 Å². The fourth-order valence-corrected chi connectivity index (χ4v) is 1.81. The van der Waals surface area contributed by atoms with E-state index in [9.17, 15) is 0 Å². The first kappa shape index (κ1) is 13.1. The van der Waals surface area contributed by atoms with Crippen molar-refractivity contribution >= 4 is 45.1 Å². The molecule has 1 aromatic heterocycles. The summed E-state index contributed by atoms with van der Waals surface area (Å²) in [4.78, 5) is 7.96. The predicted molar refractivity (Wildman–Crippen MR) is 70.8 cm³/mol. The van der Waals surface area contributed by atoms with Crippen molar-refractivity contribution in [1.82, 2.24) is 9.97 Å². The molecule has 0 saturated carbocycles. The molecule has 0 amide bonds. The third kappa shape index (κ3) is 4.17. The van der Waals surface area contributed by atoms with Gasteiger partial charge in [0, 0.05) is 11.8 Å². The van der Waals surface area contributed by atoms with Gasteiger partial charge in [0.1, 0.15) is 17.3 Å². The molecule has 1 aromatic rings. The van der Waals surface area contributed by atoms with Gasteiger partial charge in [0.2, 0.25) is 0 Å². The topological polar surface area (TPSA) is 37.8 Å². The van der Waals surface area contributed by atoms with Crippen molar-refractivity contribution in [2.24, 2.45) is 0 Å². The van der Waals surface area contributed by atoms with Gasteiger partial charge < -0.3 is 5.32 Å². The Bertz CT molecular complexity index is 324. The Morgan fingerprint density at radius 3 is 3.00 bits per heavy atom. The highest BCUT2D eigenvalue weighted by Gasteiger charge is 2.06. The molecule has 1 rings (SSSR count). The van der Waals surface area contributed by atoms with E-state index >= 15 is 0 Å². The summed E-state index contributed by atoms with van der Waals surface area (Å²) in [5.74, 6) is 0.753. The average molecular weight is 311 g/mol. The van der Waals surface area contributed by atoms with E-state index in [4.69, 9.17) is 11.6 Å². The molecule has 1 N–H and O–H groups in total. The number of hydrogen-bond donors (Lipinski definition) is 1. The predicted octanol–water partition coefficient (Wildman–Crippen LogP) is 3.45. The van der Waals surface area contributed by atoms with E-state index in [1.165, 1.54) is 6.33 Å². The van der Waals surface area contributed by atoms with Gasteiger partial charge in [-0.2, -0.15) is 11.8 Å². The molecule has 1 unspecified atom stereocenters. The standard InChI is InChI=1S/C9H13BrClN3S/c1-6(15-2)3-4-12-9-7(10)8(11)13-5-14-9/h5-6H,3-4H2,1-2H3,(H,12,13,14). The Labute approximate surface area is 108 Å². The minimum Gasteiger partial charge on any atom is -0.369 e. The highest BCUT2D eigenvalue weighted by Crippen LogP contribution is 2.26. The van der Waals surface area contributed by atoms with Gasteiger partial charge in [0.15, 0.2) is 0 Å². The van der Waals surface area contributed by atoms with Gasteiger partial charge >= 0.3 is 0 Å². The SMILES string of the molecule is CSC(C)CCNc1ncnc(Cl)c1Br. The van der Waals surface area contributed by atoms with E-state index in [2.05, 4.69) is 44.4 Å². The van der Waals surface area contributed by atoms with Crippen LogP contribution in [0.5, 0.6) is 0 Å². The molecule has 0 fully saturated rings. The Morgan fingerprint density at radius 2 is 2.33 bits per heavy atom. The van der Waals surface area contributed by atoms with Crippen LogP contribution >= 0.6 is 39.3 Å². The number of nitrogens with zero attached hydrogens (tertiary/aromatic N) is 2.